The van der Waals surface area contributed by atoms with Gasteiger partial charge in [-0.15, -0.1) is 0 Å². The van der Waals surface area contributed by atoms with E-state index in [-0.39, 0.29) is 30.2 Å². The van der Waals surface area contributed by atoms with E-state index in [2.05, 4.69) is 5.16 Å². The van der Waals surface area contributed by atoms with Crippen molar-refractivity contribution in [3.63, 3.8) is 0 Å². The topological polar surface area (TPSA) is 86.8 Å². The van der Waals surface area contributed by atoms with Gasteiger partial charge in [0.2, 0.25) is 0 Å². The van der Waals surface area contributed by atoms with E-state index in [1.54, 1.807) is 42.3 Å². The summed E-state index contributed by atoms with van der Waals surface area (Å²) < 4.78 is 5.15. The summed E-state index contributed by atoms with van der Waals surface area (Å²) in [6.07, 6.45) is 1.52. The maximum atomic E-state index is 12.9. The fraction of sp³-hybridized carbons (Fsp3) is 0.273. The number of rotatable bonds is 6. The Bertz CT molecular complexity index is 951. The van der Waals surface area contributed by atoms with Gasteiger partial charge in [-0.3, -0.25) is 4.79 Å². The van der Waals surface area contributed by atoms with Gasteiger partial charge < -0.3 is 19.6 Å². The molecule has 6 nitrogen and oxygen atoms in total. The highest BCUT2D eigenvalue weighted by molar-refractivity contribution is 5.95. The van der Waals surface area contributed by atoms with Crippen LogP contribution in [-0.2, 0) is 0 Å². The van der Waals surface area contributed by atoms with E-state index in [4.69, 9.17) is 4.52 Å². The van der Waals surface area contributed by atoms with Crippen LogP contribution in [0.2, 0.25) is 0 Å². The molecule has 0 spiro atoms. The molecule has 0 aliphatic heterocycles. The molecule has 0 saturated heterocycles. The van der Waals surface area contributed by atoms with E-state index in [0.29, 0.717) is 16.9 Å². The van der Waals surface area contributed by atoms with Crippen molar-refractivity contribution in [3.05, 3.63) is 60.3 Å². The van der Waals surface area contributed by atoms with Crippen molar-refractivity contribution in [1.82, 2.24) is 10.1 Å². The van der Waals surface area contributed by atoms with Crippen LogP contribution >= 0.6 is 0 Å². The fourth-order valence-electron chi connectivity index (χ4n) is 3.23. The highest BCUT2D eigenvalue weighted by Gasteiger charge is 2.23. The lowest BCUT2D eigenvalue weighted by atomic mass is 9.98. The van der Waals surface area contributed by atoms with Crippen LogP contribution in [-0.4, -0.2) is 45.9 Å². The molecule has 1 atom stereocenters. The number of aromatic hydroxyl groups is 1. The average Bonchev–Trinajstić information content (AvgIpc) is 3.22. The van der Waals surface area contributed by atoms with Gasteiger partial charge in [-0.25, -0.2) is 0 Å². The first-order chi connectivity index (χ1) is 13.4. The number of aliphatic hydroxyl groups excluding tert-OH is 1. The minimum atomic E-state index is -0.247. The summed E-state index contributed by atoms with van der Waals surface area (Å²) in [5.41, 5.74) is 2.74. The van der Waals surface area contributed by atoms with Crippen molar-refractivity contribution in [2.24, 2.45) is 5.92 Å². The molecule has 6 heteroatoms. The van der Waals surface area contributed by atoms with Crippen molar-refractivity contribution >= 4 is 5.91 Å². The van der Waals surface area contributed by atoms with E-state index in [9.17, 15) is 15.0 Å². The number of benzene rings is 2. The maximum absolute atomic E-state index is 12.9. The van der Waals surface area contributed by atoms with Gasteiger partial charge in [0.25, 0.3) is 5.91 Å². The third kappa shape index (κ3) is 3.92. The van der Waals surface area contributed by atoms with Crippen LogP contribution in [0.3, 0.4) is 0 Å². The molecule has 2 N–H and O–H groups in total. The molecule has 3 rings (SSSR count). The summed E-state index contributed by atoms with van der Waals surface area (Å²) in [6, 6.07) is 13.9. The molecule has 1 amide bonds. The lowest BCUT2D eigenvalue weighted by Crippen LogP contribution is -2.42. The van der Waals surface area contributed by atoms with Crippen molar-refractivity contribution in [3.8, 4) is 28.2 Å². The Morgan fingerprint density at radius 2 is 1.89 bits per heavy atom. The Balaban J connectivity index is 1.94. The van der Waals surface area contributed by atoms with Gasteiger partial charge in [0, 0.05) is 18.7 Å². The number of hydrogen-bond acceptors (Lipinski definition) is 5. The number of phenolic OH excluding ortho intramolecular Hbond substituents is 1. The molecule has 28 heavy (non-hydrogen) atoms. The van der Waals surface area contributed by atoms with Gasteiger partial charge in [-0.2, -0.15) is 0 Å². The SMILES string of the molecule is CC(C)[C@@H](CO)N(C)C(=O)c1cccc(-c2ccc(O)c(-c3ccno3)c2)c1. The zero-order chi connectivity index (χ0) is 20.3. The lowest BCUT2D eigenvalue weighted by Gasteiger charge is -2.29. The zero-order valence-electron chi connectivity index (χ0n) is 16.2. The summed E-state index contributed by atoms with van der Waals surface area (Å²) in [5.74, 6) is 0.553. The molecule has 0 saturated carbocycles. The summed E-state index contributed by atoms with van der Waals surface area (Å²) in [4.78, 5) is 14.5. The molecule has 1 heterocycles. The molecule has 0 aliphatic rings. The molecule has 146 valence electrons. The van der Waals surface area contributed by atoms with Crippen LogP contribution in [0.15, 0.2) is 59.3 Å². The standard InChI is InChI=1S/C22H24N2O4/c1-14(2)19(13-25)24(3)22(27)17-6-4-5-15(11-17)16-7-8-20(26)18(12-16)21-9-10-23-28-21/h4-12,14,19,25-26H,13H2,1-3H3/t19-/m1/s1. The number of hydrogen-bond donors (Lipinski definition) is 2. The molecule has 2 aromatic carbocycles. The molecular weight excluding hydrogens is 356 g/mol. The van der Waals surface area contributed by atoms with E-state index >= 15 is 0 Å². The number of nitrogens with zero attached hydrogens (tertiary/aromatic N) is 2. The van der Waals surface area contributed by atoms with Crippen molar-refractivity contribution < 1.29 is 19.5 Å². The second kappa shape index (κ2) is 8.27. The Kier molecular flexibility index (Phi) is 5.80. The lowest BCUT2D eigenvalue weighted by molar-refractivity contribution is 0.0588. The molecule has 3 aromatic rings. The van der Waals surface area contributed by atoms with E-state index < -0.39 is 0 Å². The number of carbonyl (C=O) groups is 1. The van der Waals surface area contributed by atoms with Crippen LogP contribution in [0.1, 0.15) is 24.2 Å². The van der Waals surface area contributed by atoms with Crippen LogP contribution in [0, 0.1) is 5.92 Å². The third-order valence-corrected chi connectivity index (χ3v) is 4.92. The first kappa shape index (κ1) is 19.6. The van der Waals surface area contributed by atoms with E-state index in [1.807, 2.05) is 32.0 Å². The minimum absolute atomic E-state index is 0.0852. The second-order valence-electron chi connectivity index (χ2n) is 7.10. The average molecular weight is 380 g/mol. The molecule has 0 radical (unpaired) electrons. The highest BCUT2D eigenvalue weighted by atomic mass is 16.5. The van der Waals surface area contributed by atoms with E-state index in [0.717, 1.165) is 11.1 Å². The van der Waals surface area contributed by atoms with Crippen LogP contribution in [0.25, 0.3) is 22.5 Å². The van der Waals surface area contributed by atoms with E-state index in [1.165, 1.54) is 6.20 Å². The number of aliphatic hydroxyl groups is 1. The van der Waals surface area contributed by atoms with Crippen LogP contribution < -0.4 is 0 Å². The fourth-order valence-corrected chi connectivity index (χ4v) is 3.23. The summed E-state index contributed by atoms with van der Waals surface area (Å²) in [6.45, 7) is 3.86. The smallest absolute Gasteiger partial charge is 0.253 e. The second-order valence-corrected chi connectivity index (χ2v) is 7.10. The minimum Gasteiger partial charge on any atom is -0.507 e. The molecule has 0 aliphatic carbocycles. The highest BCUT2D eigenvalue weighted by Crippen LogP contribution is 2.33. The van der Waals surface area contributed by atoms with Gasteiger partial charge in [-0.1, -0.05) is 37.2 Å². The molecule has 0 bridgehead atoms. The van der Waals surface area contributed by atoms with Gasteiger partial charge in [-0.05, 0) is 41.3 Å². The number of carbonyl (C=O) groups excluding carboxylic acids is 1. The van der Waals surface area contributed by atoms with Crippen LogP contribution in [0.5, 0.6) is 5.75 Å². The summed E-state index contributed by atoms with van der Waals surface area (Å²) in [5, 5.41) is 23.4. The Hall–Kier alpha value is -3.12. The number of amides is 1. The van der Waals surface area contributed by atoms with Gasteiger partial charge in [0.05, 0.1) is 24.4 Å². The van der Waals surface area contributed by atoms with Gasteiger partial charge in [0.15, 0.2) is 5.76 Å². The summed E-state index contributed by atoms with van der Waals surface area (Å²) in [7, 11) is 1.71. The molecule has 1 aromatic heterocycles. The Morgan fingerprint density at radius 1 is 1.14 bits per heavy atom. The monoisotopic (exact) mass is 380 g/mol. The number of aromatic nitrogens is 1. The number of phenols is 1. The number of likely N-dealkylation sites (N-methyl/N-ethyl adjacent to an activating group) is 1. The van der Waals surface area contributed by atoms with Gasteiger partial charge >= 0.3 is 0 Å². The quantitative estimate of drug-likeness (QED) is 0.679. The Labute approximate surface area is 164 Å². The largest absolute Gasteiger partial charge is 0.507 e. The third-order valence-electron chi connectivity index (χ3n) is 4.92. The van der Waals surface area contributed by atoms with Crippen molar-refractivity contribution in [2.45, 2.75) is 19.9 Å². The van der Waals surface area contributed by atoms with Crippen molar-refractivity contribution in [2.75, 3.05) is 13.7 Å². The van der Waals surface area contributed by atoms with Gasteiger partial charge in [0.1, 0.15) is 5.75 Å². The summed E-state index contributed by atoms with van der Waals surface area (Å²) >= 11 is 0. The molecular formula is C22H24N2O4. The first-order valence-electron chi connectivity index (χ1n) is 9.15. The first-order valence-corrected chi connectivity index (χ1v) is 9.15. The predicted molar refractivity (Wildman–Crippen MR) is 107 cm³/mol. The molecule has 0 unspecified atom stereocenters. The zero-order valence-corrected chi connectivity index (χ0v) is 16.2. The van der Waals surface area contributed by atoms with Crippen LogP contribution in [0.4, 0.5) is 0 Å². The normalized spacial score (nSPS) is 12.2. The maximum Gasteiger partial charge on any atom is 0.253 e. The predicted octanol–water partition coefficient (Wildman–Crippen LogP) is 3.80. The Morgan fingerprint density at radius 3 is 2.54 bits per heavy atom. The van der Waals surface area contributed by atoms with Crippen molar-refractivity contribution in [1.29, 1.82) is 0 Å². The molecule has 0 fully saturated rings.